The highest BCUT2D eigenvalue weighted by Crippen LogP contribution is 2.27. The number of amides is 1. The van der Waals surface area contributed by atoms with Crippen LogP contribution < -0.4 is 10.2 Å². The number of carbonyl (C=O) groups is 1. The van der Waals surface area contributed by atoms with E-state index in [9.17, 15) is 9.18 Å². The molecule has 0 saturated carbocycles. The molecule has 1 unspecified atom stereocenters. The standard InChI is InChI=1S/C18H16ClFN4OS/c19-13-8-11(3-4-14(13)20)18(25)21-12-5-6-24(10-12)17-9-15(22-23-17)16-2-1-7-26-16/h1-4,7-9,12H,5-6,10H2,(H,21,25)(H,22,23). The van der Waals surface area contributed by atoms with Crippen LogP contribution in [-0.2, 0) is 0 Å². The fourth-order valence-electron chi connectivity index (χ4n) is 3.02. The zero-order valence-electron chi connectivity index (χ0n) is 13.7. The van der Waals surface area contributed by atoms with E-state index in [2.05, 4.69) is 20.4 Å². The molecule has 1 aliphatic rings. The number of anilines is 1. The van der Waals surface area contributed by atoms with Crippen LogP contribution >= 0.6 is 22.9 Å². The number of rotatable bonds is 4. The molecule has 3 aromatic rings. The third-order valence-electron chi connectivity index (χ3n) is 4.38. The minimum absolute atomic E-state index is 0.00761. The Balaban J connectivity index is 1.39. The Hall–Kier alpha value is -2.38. The predicted molar refractivity (Wildman–Crippen MR) is 101 cm³/mol. The molecule has 0 bridgehead atoms. The van der Waals surface area contributed by atoms with Crippen molar-refractivity contribution in [2.24, 2.45) is 0 Å². The average molecular weight is 391 g/mol. The molecule has 1 atom stereocenters. The van der Waals surface area contributed by atoms with Gasteiger partial charge in [-0.05, 0) is 36.1 Å². The molecule has 26 heavy (non-hydrogen) atoms. The highest BCUT2D eigenvalue weighted by Gasteiger charge is 2.26. The van der Waals surface area contributed by atoms with Crippen molar-refractivity contribution < 1.29 is 9.18 Å². The number of nitrogens with one attached hydrogen (secondary N) is 2. The molecule has 134 valence electrons. The highest BCUT2D eigenvalue weighted by molar-refractivity contribution is 7.13. The van der Waals surface area contributed by atoms with Gasteiger partial charge in [0.15, 0.2) is 5.82 Å². The monoisotopic (exact) mass is 390 g/mol. The number of benzene rings is 1. The predicted octanol–water partition coefficient (Wildman–Crippen LogP) is 3.94. The summed E-state index contributed by atoms with van der Waals surface area (Å²) in [4.78, 5) is 15.6. The Morgan fingerprint density at radius 1 is 1.38 bits per heavy atom. The van der Waals surface area contributed by atoms with Gasteiger partial charge < -0.3 is 10.2 Å². The van der Waals surface area contributed by atoms with Crippen LogP contribution in [0.2, 0.25) is 5.02 Å². The SMILES string of the molecule is O=C(NC1CCN(c2cc(-c3cccs3)[nH]n2)C1)c1ccc(F)c(Cl)c1. The minimum Gasteiger partial charge on any atom is -0.353 e. The fourth-order valence-corrected chi connectivity index (χ4v) is 3.90. The maximum Gasteiger partial charge on any atom is 0.251 e. The summed E-state index contributed by atoms with van der Waals surface area (Å²) < 4.78 is 13.2. The molecule has 1 aromatic carbocycles. The lowest BCUT2D eigenvalue weighted by molar-refractivity contribution is 0.0940. The molecule has 1 amide bonds. The van der Waals surface area contributed by atoms with Crippen LogP contribution in [0.1, 0.15) is 16.8 Å². The third kappa shape index (κ3) is 3.45. The van der Waals surface area contributed by atoms with Crippen LogP contribution in [0.4, 0.5) is 10.2 Å². The molecule has 0 spiro atoms. The zero-order valence-corrected chi connectivity index (χ0v) is 15.3. The number of hydrogen-bond acceptors (Lipinski definition) is 4. The first-order chi connectivity index (χ1) is 12.6. The number of aromatic amines is 1. The summed E-state index contributed by atoms with van der Waals surface area (Å²) in [5, 5.41) is 12.4. The van der Waals surface area contributed by atoms with E-state index in [0.29, 0.717) is 12.1 Å². The van der Waals surface area contributed by atoms with Gasteiger partial charge in [-0.25, -0.2) is 4.39 Å². The van der Waals surface area contributed by atoms with Gasteiger partial charge >= 0.3 is 0 Å². The van der Waals surface area contributed by atoms with Gasteiger partial charge in [0.2, 0.25) is 0 Å². The van der Waals surface area contributed by atoms with E-state index in [4.69, 9.17) is 11.6 Å². The summed E-state index contributed by atoms with van der Waals surface area (Å²) in [5.74, 6) is 0.0883. The number of carbonyl (C=O) groups excluding carboxylic acids is 1. The second-order valence-corrected chi connectivity index (χ2v) is 7.51. The smallest absolute Gasteiger partial charge is 0.251 e. The van der Waals surface area contributed by atoms with Gasteiger partial charge in [0.05, 0.1) is 15.6 Å². The Morgan fingerprint density at radius 3 is 3.04 bits per heavy atom. The van der Waals surface area contributed by atoms with E-state index in [1.54, 1.807) is 11.3 Å². The van der Waals surface area contributed by atoms with Crippen molar-refractivity contribution in [3.8, 4) is 10.6 Å². The molecule has 4 rings (SSSR count). The largest absolute Gasteiger partial charge is 0.353 e. The van der Waals surface area contributed by atoms with Gasteiger partial charge in [-0.2, -0.15) is 5.10 Å². The van der Waals surface area contributed by atoms with Crippen molar-refractivity contribution in [1.29, 1.82) is 0 Å². The van der Waals surface area contributed by atoms with E-state index in [1.807, 2.05) is 23.6 Å². The summed E-state index contributed by atoms with van der Waals surface area (Å²) in [6, 6.07) is 10.1. The van der Waals surface area contributed by atoms with Crippen LogP contribution in [0, 0.1) is 5.82 Å². The van der Waals surface area contributed by atoms with E-state index in [-0.39, 0.29) is 17.0 Å². The Labute approximate surface area is 158 Å². The quantitative estimate of drug-likeness (QED) is 0.709. The minimum atomic E-state index is -0.532. The number of hydrogen-bond donors (Lipinski definition) is 2. The van der Waals surface area contributed by atoms with Gasteiger partial charge in [-0.15, -0.1) is 11.3 Å². The van der Waals surface area contributed by atoms with Gasteiger partial charge in [0.25, 0.3) is 5.91 Å². The third-order valence-corrected chi connectivity index (χ3v) is 5.57. The second-order valence-electron chi connectivity index (χ2n) is 6.15. The number of nitrogens with zero attached hydrogens (tertiary/aromatic N) is 2. The van der Waals surface area contributed by atoms with Gasteiger partial charge in [-0.3, -0.25) is 9.89 Å². The van der Waals surface area contributed by atoms with Crippen LogP contribution in [0.15, 0.2) is 41.8 Å². The maximum absolute atomic E-state index is 13.2. The maximum atomic E-state index is 13.2. The number of halogens is 2. The average Bonchev–Trinajstić information content (AvgIpc) is 3.37. The van der Waals surface area contributed by atoms with Crippen LogP contribution in [0.25, 0.3) is 10.6 Å². The fraction of sp³-hybridized carbons (Fsp3) is 0.222. The molecular weight excluding hydrogens is 375 g/mol. The second kappa shape index (κ2) is 7.09. The molecule has 2 N–H and O–H groups in total. The van der Waals surface area contributed by atoms with Gasteiger partial charge in [0, 0.05) is 30.8 Å². The lowest BCUT2D eigenvalue weighted by Crippen LogP contribution is -2.37. The molecule has 1 fully saturated rings. The number of H-pyrrole nitrogens is 1. The number of thiophene rings is 1. The summed E-state index contributed by atoms with van der Waals surface area (Å²) in [6.45, 7) is 1.49. The van der Waals surface area contributed by atoms with Crippen molar-refractivity contribution in [2.45, 2.75) is 12.5 Å². The van der Waals surface area contributed by atoms with E-state index < -0.39 is 5.82 Å². The molecule has 5 nitrogen and oxygen atoms in total. The molecular formula is C18H16ClFN4OS. The first kappa shape index (κ1) is 17.1. The van der Waals surface area contributed by atoms with Crippen LogP contribution in [0.5, 0.6) is 0 Å². The van der Waals surface area contributed by atoms with Crippen molar-refractivity contribution in [3.63, 3.8) is 0 Å². The number of aromatic nitrogens is 2. The zero-order chi connectivity index (χ0) is 18.1. The van der Waals surface area contributed by atoms with Crippen molar-refractivity contribution in [3.05, 3.63) is 58.2 Å². The Kier molecular flexibility index (Phi) is 4.65. The van der Waals surface area contributed by atoms with Crippen LogP contribution in [-0.4, -0.2) is 35.2 Å². The van der Waals surface area contributed by atoms with E-state index in [1.165, 1.54) is 18.2 Å². The highest BCUT2D eigenvalue weighted by atomic mass is 35.5. The molecule has 2 aromatic heterocycles. The summed E-state index contributed by atoms with van der Waals surface area (Å²) in [6.07, 6.45) is 0.821. The summed E-state index contributed by atoms with van der Waals surface area (Å²) in [5.41, 5.74) is 1.35. The van der Waals surface area contributed by atoms with Gasteiger partial charge in [-0.1, -0.05) is 17.7 Å². The molecule has 0 aliphatic carbocycles. The van der Waals surface area contributed by atoms with Crippen molar-refractivity contribution >= 4 is 34.7 Å². The normalized spacial score (nSPS) is 16.8. The first-order valence-electron chi connectivity index (χ1n) is 8.20. The van der Waals surface area contributed by atoms with Crippen molar-refractivity contribution in [2.75, 3.05) is 18.0 Å². The molecule has 0 radical (unpaired) electrons. The van der Waals surface area contributed by atoms with Crippen LogP contribution in [0.3, 0.4) is 0 Å². The molecule has 3 heterocycles. The lowest BCUT2D eigenvalue weighted by Gasteiger charge is -2.16. The van der Waals surface area contributed by atoms with E-state index >= 15 is 0 Å². The Bertz CT molecular complexity index is 927. The Morgan fingerprint density at radius 2 is 2.27 bits per heavy atom. The topological polar surface area (TPSA) is 61.0 Å². The lowest BCUT2D eigenvalue weighted by atomic mass is 10.2. The summed E-state index contributed by atoms with van der Waals surface area (Å²) in [7, 11) is 0. The molecule has 1 aliphatic heterocycles. The van der Waals surface area contributed by atoms with Crippen molar-refractivity contribution in [1.82, 2.24) is 15.5 Å². The van der Waals surface area contributed by atoms with Gasteiger partial charge in [0.1, 0.15) is 5.82 Å². The van der Waals surface area contributed by atoms with E-state index in [0.717, 1.165) is 29.4 Å². The summed E-state index contributed by atoms with van der Waals surface area (Å²) >= 11 is 7.40. The molecule has 1 saturated heterocycles. The first-order valence-corrected chi connectivity index (χ1v) is 9.46. The molecule has 8 heteroatoms.